The number of nitrogens with zero attached hydrogens (tertiary/aromatic N) is 2. The summed E-state index contributed by atoms with van der Waals surface area (Å²) in [7, 11) is 0. The van der Waals surface area contributed by atoms with Gasteiger partial charge in [0.15, 0.2) is 0 Å². The van der Waals surface area contributed by atoms with Crippen molar-refractivity contribution < 1.29 is 4.79 Å². The van der Waals surface area contributed by atoms with E-state index in [-0.39, 0.29) is 5.91 Å². The molecule has 0 radical (unpaired) electrons. The van der Waals surface area contributed by atoms with Crippen LogP contribution in [0, 0.1) is 6.92 Å². The minimum atomic E-state index is -0.272. The number of rotatable bonds is 3. The minimum absolute atomic E-state index is 0.272. The Morgan fingerprint density at radius 2 is 2.14 bits per heavy atom. The highest BCUT2D eigenvalue weighted by Gasteiger charge is 2.13. The highest BCUT2D eigenvalue weighted by Crippen LogP contribution is 2.26. The number of hydrogen-bond acceptors (Lipinski definition) is 4. The van der Waals surface area contributed by atoms with Gasteiger partial charge in [0.1, 0.15) is 16.5 Å². The van der Waals surface area contributed by atoms with Crippen LogP contribution in [0.5, 0.6) is 0 Å². The average Bonchev–Trinajstić information content (AvgIpc) is 2.99. The van der Waals surface area contributed by atoms with Crippen LogP contribution in [-0.4, -0.2) is 15.9 Å². The fourth-order valence-corrected chi connectivity index (χ4v) is 2.91. The van der Waals surface area contributed by atoms with Crippen LogP contribution in [0.1, 0.15) is 16.1 Å². The van der Waals surface area contributed by atoms with Crippen LogP contribution in [0.4, 0.5) is 5.82 Å². The van der Waals surface area contributed by atoms with Gasteiger partial charge in [0.25, 0.3) is 5.91 Å². The van der Waals surface area contributed by atoms with Crippen molar-refractivity contribution >= 4 is 34.7 Å². The Hall–Kier alpha value is -2.24. The van der Waals surface area contributed by atoms with E-state index in [9.17, 15) is 4.79 Å². The number of pyridine rings is 1. The molecule has 0 atom stereocenters. The molecule has 0 unspecified atom stereocenters. The molecule has 110 valence electrons. The second-order valence-corrected chi connectivity index (χ2v) is 5.97. The zero-order chi connectivity index (χ0) is 15.5. The molecule has 1 N–H and O–H groups in total. The predicted molar refractivity (Wildman–Crippen MR) is 89.5 cm³/mol. The largest absolute Gasteiger partial charge is 0.305 e. The van der Waals surface area contributed by atoms with Crippen LogP contribution in [0.15, 0.2) is 48.0 Å². The summed E-state index contributed by atoms with van der Waals surface area (Å²) < 4.78 is 0. The highest BCUT2D eigenvalue weighted by atomic mass is 35.5. The molecule has 6 heteroatoms. The van der Waals surface area contributed by atoms with E-state index in [2.05, 4.69) is 15.3 Å². The maximum Gasteiger partial charge on any atom is 0.276 e. The zero-order valence-electron chi connectivity index (χ0n) is 11.7. The first kappa shape index (κ1) is 14.7. The van der Waals surface area contributed by atoms with Gasteiger partial charge in [-0.05, 0) is 30.7 Å². The molecule has 0 saturated heterocycles. The van der Waals surface area contributed by atoms with E-state index in [1.54, 1.807) is 17.6 Å². The molecule has 0 aliphatic heterocycles. The van der Waals surface area contributed by atoms with Crippen molar-refractivity contribution in [3.05, 3.63) is 64.3 Å². The first-order chi connectivity index (χ1) is 10.6. The molecule has 0 spiro atoms. The van der Waals surface area contributed by atoms with Crippen molar-refractivity contribution in [1.82, 2.24) is 9.97 Å². The quantitative estimate of drug-likeness (QED) is 0.774. The van der Waals surface area contributed by atoms with Gasteiger partial charge in [-0.25, -0.2) is 9.97 Å². The Kier molecular flexibility index (Phi) is 4.18. The standard InChI is InChI=1S/C16H12ClN3OS/c1-10-4-3-7-18-14(10)20-15(21)13-9-22-16(19-13)11-5-2-6-12(17)8-11/h2-9H,1H3,(H,18,20,21). The first-order valence-electron chi connectivity index (χ1n) is 6.58. The Morgan fingerprint density at radius 3 is 2.91 bits per heavy atom. The van der Waals surface area contributed by atoms with Crippen LogP contribution in [0.2, 0.25) is 5.02 Å². The third-order valence-electron chi connectivity index (χ3n) is 3.05. The highest BCUT2D eigenvalue weighted by molar-refractivity contribution is 7.13. The Bertz CT molecular complexity index is 832. The fourth-order valence-electron chi connectivity index (χ4n) is 1.92. The number of amides is 1. The van der Waals surface area contributed by atoms with Crippen molar-refractivity contribution in [2.45, 2.75) is 6.92 Å². The lowest BCUT2D eigenvalue weighted by atomic mass is 10.2. The Balaban J connectivity index is 1.82. The summed E-state index contributed by atoms with van der Waals surface area (Å²) in [6.07, 6.45) is 1.64. The monoisotopic (exact) mass is 329 g/mol. The second-order valence-electron chi connectivity index (χ2n) is 4.67. The number of aryl methyl sites for hydroxylation is 1. The molecule has 0 bridgehead atoms. The topological polar surface area (TPSA) is 54.9 Å². The number of carbonyl (C=O) groups is 1. The zero-order valence-corrected chi connectivity index (χ0v) is 13.3. The van der Waals surface area contributed by atoms with Crippen molar-refractivity contribution in [2.24, 2.45) is 0 Å². The molecule has 0 fully saturated rings. The van der Waals surface area contributed by atoms with Crippen LogP contribution in [-0.2, 0) is 0 Å². The number of halogens is 1. The summed E-state index contributed by atoms with van der Waals surface area (Å²) in [4.78, 5) is 20.8. The molecule has 3 aromatic rings. The molecule has 22 heavy (non-hydrogen) atoms. The van der Waals surface area contributed by atoms with Gasteiger partial charge in [0.2, 0.25) is 0 Å². The minimum Gasteiger partial charge on any atom is -0.305 e. The van der Waals surface area contributed by atoms with E-state index < -0.39 is 0 Å². The molecular formula is C16H12ClN3OS. The van der Waals surface area contributed by atoms with Crippen LogP contribution >= 0.6 is 22.9 Å². The Labute approximate surface area is 136 Å². The molecule has 0 aliphatic carbocycles. The third kappa shape index (κ3) is 3.16. The number of anilines is 1. The van der Waals surface area contributed by atoms with Crippen LogP contribution < -0.4 is 5.32 Å². The molecular weight excluding hydrogens is 318 g/mol. The normalized spacial score (nSPS) is 10.5. The fraction of sp³-hybridized carbons (Fsp3) is 0.0625. The maximum atomic E-state index is 12.2. The maximum absolute atomic E-state index is 12.2. The van der Waals surface area contributed by atoms with Crippen molar-refractivity contribution in [3.8, 4) is 10.6 Å². The number of hydrogen-bond donors (Lipinski definition) is 1. The Morgan fingerprint density at radius 1 is 1.27 bits per heavy atom. The summed E-state index contributed by atoms with van der Waals surface area (Å²) in [6.45, 7) is 1.89. The summed E-state index contributed by atoms with van der Waals surface area (Å²) in [5.41, 5.74) is 2.16. The van der Waals surface area contributed by atoms with Gasteiger partial charge in [-0.3, -0.25) is 4.79 Å². The van der Waals surface area contributed by atoms with E-state index in [1.807, 2.05) is 37.3 Å². The molecule has 0 aliphatic rings. The predicted octanol–water partition coefficient (Wildman–Crippen LogP) is 4.42. The van der Waals surface area contributed by atoms with Crippen LogP contribution in [0.25, 0.3) is 10.6 Å². The van der Waals surface area contributed by atoms with Crippen molar-refractivity contribution in [1.29, 1.82) is 0 Å². The van der Waals surface area contributed by atoms with Gasteiger partial charge in [-0.15, -0.1) is 11.3 Å². The molecule has 1 amide bonds. The van der Waals surface area contributed by atoms with E-state index >= 15 is 0 Å². The van der Waals surface area contributed by atoms with E-state index in [0.29, 0.717) is 16.5 Å². The van der Waals surface area contributed by atoms with E-state index in [0.717, 1.165) is 16.1 Å². The lowest BCUT2D eigenvalue weighted by Crippen LogP contribution is -2.14. The van der Waals surface area contributed by atoms with E-state index in [4.69, 9.17) is 11.6 Å². The number of carbonyl (C=O) groups excluding carboxylic acids is 1. The smallest absolute Gasteiger partial charge is 0.276 e. The molecule has 0 saturated carbocycles. The summed E-state index contributed by atoms with van der Waals surface area (Å²) in [5.74, 6) is 0.274. The van der Waals surface area contributed by atoms with E-state index in [1.165, 1.54) is 11.3 Å². The summed E-state index contributed by atoms with van der Waals surface area (Å²) in [6, 6.07) is 11.1. The molecule has 2 aromatic heterocycles. The third-order valence-corrected chi connectivity index (χ3v) is 4.18. The lowest BCUT2D eigenvalue weighted by molar-refractivity contribution is 0.102. The lowest BCUT2D eigenvalue weighted by Gasteiger charge is -2.04. The van der Waals surface area contributed by atoms with Gasteiger partial charge >= 0.3 is 0 Å². The summed E-state index contributed by atoms with van der Waals surface area (Å²) in [5, 5.41) is 5.89. The van der Waals surface area contributed by atoms with Gasteiger partial charge in [0, 0.05) is 22.2 Å². The van der Waals surface area contributed by atoms with Gasteiger partial charge in [-0.1, -0.05) is 29.8 Å². The summed E-state index contributed by atoms with van der Waals surface area (Å²) >= 11 is 7.38. The van der Waals surface area contributed by atoms with Gasteiger partial charge in [0.05, 0.1) is 0 Å². The SMILES string of the molecule is Cc1cccnc1NC(=O)c1csc(-c2cccc(Cl)c2)n1. The first-order valence-corrected chi connectivity index (χ1v) is 7.83. The number of thiazole rings is 1. The molecule has 2 heterocycles. The van der Waals surface area contributed by atoms with Crippen molar-refractivity contribution in [2.75, 3.05) is 5.32 Å². The molecule has 4 nitrogen and oxygen atoms in total. The second kappa shape index (κ2) is 6.25. The average molecular weight is 330 g/mol. The van der Waals surface area contributed by atoms with Crippen LogP contribution in [0.3, 0.4) is 0 Å². The number of aromatic nitrogens is 2. The molecule has 3 rings (SSSR count). The van der Waals surface area contributed by atoms with Gasteiger partial charge < -0.3 is 5.32 Å². The van der Waals surface area contributed by atoms with Gasteiger partial charge in [-0.2, -0.15) is 0 Å². The number of benzene rings is 1. The molecule has 1 aromatic carbocycles. The van der Waals surface area contributed by atoms with Crippen molar-refractivity contribution in [3.63, 3.8) is 0 Å². The number of nitrogens with one attached hydrogen (secondary N) is 1.